The molecule has 2 N–H and O–H groups in total. The number of rotatable bonds is 2. The Morgan fingerprint density at radius 1 is 1.26 bits per heavy atom. The Hall–Kier alpha value is -2.30. The molecule has 0 radical (unpaired) electrons. The Kier molecular flexibility index (Phi) is 2.74. The highest BCUT2D eigenvalue weighted by Crippen LogP contribution is 2.23. The summed E-state index contributed by atoms with van der Waals surface area (Å²) < 4.78 is 1.94. The molecule has 3 rings (SSSR count). The molecule has 19 heavy (non-hydrogen) atoms. The zero-order valence-corrected chi connectivity index (χ0v) is 11.0. The minimum Gasteiger partial charge on any atom is -0.347 e. The van der Waals surface area contributed by atoms with Crippen LogP contribution in [0.5, 0.6) is 0 Å². The first kappa shape index (κ1) is 11.8. The van der Waals surface area contributed by atoms with Crippen molar-refractivity contribution < 1.29 is 4.79 Å². The molecule has 0 bridgehead atoms. The first-order valence-corrected chi connectivity index (χ1v) is 6.30. The summed E-state index contributed by atoms with van der Waals surface area (Å²) in [4.78, 5) is 16.0. The highest BCUT2D eigenvalue weighted by molar-refractivity contribution is 5.78. The van der Waals surface area contributed by atoms with E-state index >= 15 is 0 Å². The second-order valence-electron chi connectivity index (χ2n) is 4.82. The van der Waals surface area contributed by atoms with Gasteiger partial charge >= 0.3 is 0 Å². The van der Waals surface area contributed by atoms with Gasteiger partial charge in [-0.1, -0.05) is 17.7 Å². The standard InChI is InChI=1S/C14H16N4O/c1-9-3-5-11(6-4-9)17-14-10(2)16-12-7-15-13(19)8-18(12)14/h3-6,17H,7-8H2,1-2H3,(H,15,19). The average molecular weight is 256 g/mol. The third kappa shape index (κ3) is 2.19. The van der Waals surface area contributed by atoms with Crippen molar-refractivity contribution in [1.82, 2.24) is 14.9 Å². The second-order valence-corrected chi connectivity index (χ2v) is 4.82. The maximum atomic E-state index is 11.5. The summed E-state index contributed by atoms with van der Waals surface area (Å²) in [5.74, 6) is 1.82. The summed E-state index contributed by atoms with van der Waals surface area (Å²) in [6.07, 6.45) is 0. The van der Waals surface area contributed by atoms with E-state index in [-0.39, 0.29) is 5.91 Å². The molecule has 0 spiro atoms. The Bertz CT molecular complexity index is 628. The fraction of sp³-hybridized carbons (Fsp3) is 0.286. The van der Waals surface area contributed by atoms with E-state index in [0.717, 1.165) is 23.0 Å². The molecule has 5 heteroatoms. The lowest BCUT2D eigenvalue weighted by atomic mass is 10.2. The second kappa shape index (κ2) is 4.42. The molecule has 2 aromatic rings. The number of fused-ring (bicyclic) bond motifs is 1. The van der Waals surface area contributed by atoms with Gasteiger partial charge in [-0.15, -0.1) is 0 Å². The number of carbonyl (C=O) groups is 1. The van der Waals surface area contributed by atoms with Crippen molar-refractivity contribution in [3.63, 3.8) is 0 Å². The van der Waals surface area contributed by atoms with E-state index in [9.17, 15) is 4.79 Å². The number of anilines is 2. The monoisotopic (exact) mass is 256 g/mol. The molecule has 1 aromatic heterocycles. The molecule has 0 fully saturated rings. The largest absolute Gasteiger partial charge is 0.347 e. The van der Waals surface area contributed by atoms with Crippen LogP contribution in [0.3, 0.4) is 0 Å². The van der Waals surface area contributed by atoms with Gasteiger partial charge in [0.05, 0.1) is 12.2 Å². The van der Waals surface area contributed by atoms with Crippen LogP contribution in [0.4, 0.5) is 11.5 Å². The number of amides is 1. The molecular weight excluding hydrogens is 240 g/mol. The predicted octanol–water partition coefficient (Wildman–Crippen LogP) is 1.87. The lowest BCUT2D eigenvalue weighted by Gasteiger charge is -2.18. The average Bonchev–Trinajstić information content (AvgIpc) is 2.69. The van der Waals surface area contributed by atoms with Gasteiger partial charge in [0.15, 0.2) is 0 Å². The van der Waals surface area contributed by atoms with Gasteiger partial charge in [0.2, 0.25) is 5.91 Å². The number of nitrogens with zero attached hydrogens (tertiary/aromatic N) is 2. The van der Waals surface area contributed by atoms with E-state index in [1.807, 2.05) is 23.6 Å². The predicted molar refractivity (Wildman–Crippen MR) is 73.3 cm³/mol. The summed E-state index contributed by atoms with van der Waals surface area (Å²) in [6.45, 7) is 4.83. The van der Waals surface area contributed by atoms with E-state index in [4.69, 9.17) is 0 Å². The lowest BCUT2D eigenvalue weighted by molar-refractivity contribution is -0.122. The first-order valence-electron chi connectivity index (χ1n) is 6.30. The summed E-state index contributed by atoms with van der Waals surface area (Å²) >= 11 is 0. The molecule has 98 valence electrons. The SMILES string of the molecule is Cc1ccc(Nc2c(C)nc3n2CC(=O)NC3)cc1. The van der Waals surface area contributed by atoms with E-state index in [0.29, 0.717) is 13.1 Å². The van der Waals surface area contributed by atoms with Gasteiger partial charge in [0, 0.05) is 5.69 Å². The van der Waals surface area contributed by atoms with Crippen molar-refractivity contribution in [3.05, 3.63) is 41.3 Å². The zero-order valence-electron chi connectivity index (χ0n) is 11.0. The first-order chi connectivity index (χ1) is 9.13. The van der Waals surface area contributed by atoms with Crippen LogP contribution in [0.1, 0.15) is 17.1 Å². The van der Waals surface area contributed by atoms with Crippen molar-refractivity contribution in [2.75, 3.05) is 5.32 Å². The quantitative estimate of drug-likeness (QED) is 0.862. The fourth-order valence-corrected chi connectivity index (χ4v) is 2.25. The van der Waals surface area contributed by atoms with Gasteiger partial charge in [-0.3, -0.25) is 4.79 Å². The van der Waals surface area contributed by atoms with Crippen LogP contribution in [0, 0.1) is 13.8 Å². The molecule has 0 saturated carbocycles. The van der Waals surface area contributed by atoms with E-state index in [1.54, 1.807) is 0 Å². The zero-order chi connectivity index (χ0) is 13.4. The third-order valence-electron chi connectivity index (χ3n) is 3.28. The number of imidazole rings is 1. The number of aromatic nitrogens is 2. The third-order valence-corrected chi connectivity index (χ3v) is 3.28. The molecule has 1 amide bonds. The molecule has 1 aliphatic heterocycles. The minimum atomic E-state index is 0.0249. The van der Waals surface area contributed by atoms with Crippen molar-refractivity contribution in [2.24, 2.45) is 0 Å². The lowest BCUT2D eigenvalue weighted by Crippen LogP contribution is -2.34. The van der Waals surface area contributed by atoms with Crippen LogP contribution in [0.25, 0.3) is 0 Å². The Morgan fingerprint density at radius 3 is 2.74 bits per heavy atom. The van der Waals surface area contributed by atoms with Gasteiger partial charge in [-0.05, 0) is 26.0 Å². The summed E-state index contributed by atoms with van der Waals surface area (Å²) in [7, 11) is 0. The molecule has 2 heterocycles. The van der Waals surface area contributed by atoms with Gasteiger partial charge in [0.1, 0.15) is 18.2 Å². The van der Waals surface area contributed by atoms with Crippen LogP contribution in [-0.4, -0.2) is 15.5 Å². The number of benzene rings is 1. The summed E-state index contributed by atoms with van der Waals surface area (Å²) in [6, 6.07) is 8.16. The van der Waals surface area contributed by atoms with E-state index in [2.05, 4.69) is 34.7 Å². The Morgan fingerprint density at radius 2 is 2.00 bits per heavy atom. The van der Waals surface area contributed by atoms with Crippen molar-refractivity contribution in [1.29, 1.82) is 0 Å². The van der Waals surface area contributed by atoms with Gasteiger partial charge in [-0.2, -0.15) is 0 Å². The highest BCUT2D eigenvalue weighted by Gasteiger charge is 2.21. The topological polar surface area (TPSA) is 59.0 Å². The summed E-state index contributed by atoms with van der Waals surface area (Å²) in [5, 5.41) is 6.15. The van der Waals surface area contributed by atoms with Crippen LogP contribution in [0.2, 0.25) is 0 Å². The molecule has 0 aliphatic carbocycles. The Labute approximate surface area is 111 Å². The smallest absolute Gasteiger partial charge is 0.240 e. The number of carbonyl (C=O) groups excluding carboxylic acids is 1. The van der Waals surface area contributed by atoms with Gasteiger partial charge < -0.3 is 15.2 Å². The normalized spacial score (nSPS) is 13.9. The maximum Gasteiger partial charge on any atom is 0.240 e. The number of hydrogen-bond donors (Lipinski definition) is 2. The fourth-order valence-electron chi connectivity index (χ4n) is 2.25. The minimum absolute atomic E-state index is 0.0249. The number of nitrogens with one attached hydrogen (secondary N) is 2. The van der Waals surface area contributed by atoms with Gasteiger partial charge in [0.25, 0.3) is 0 Å². The summed E-state index contributed by atoms with van der Waals surface area (Å²) in [5.41, 5.74) is 3.13. The van der Waals surface area contributed by atoms with Crippen LogP contribution >= 0.6 is 0 Å². The van der Waals surface area contributed by atoms with Crippen LogP contribution in [-0.2, 0) is 17.9 Å². The number of aryl methyl sites for hydroxylation is 2. The molecule has 1 aromatic carbocycles. The van der Waals surface area contributed by atoms with Crippen molar-refractivity contribution >= 4 is 17.4 Å². The molecule has 0 unspecified atom stereocenters. The van der Waals surface area contributed by atoms with Gasteiger partial charge in [-0.25, -0.2) is 4.98 Å². The van der Waals surface area contributed by atoms with Crippen LogP contribution < -0.4 is 10.6 Å². The molecule has 1 aliphatic rings. The van der Waals surface area contributed by atoms with Crippen molar-refractivity contribution in [2.45, 2.75) is 26.9 Å². The van der Waals surface area contributed by atoms with E-state index in [1.165, 1.54) is 5.56 Å². The molecular formula is C14H16N4O. The maximum absolute atomic E-state index is 11.5. The highest BCUT2D eigenvalue weighted by atomic mass is 16.2. The Balaban J connectivity index is 1.94. The number of hydrogen-bond acceptors (Lipinski definition) is 3. The molecule has 0 saturated heterocycles. The van der Waals surface area contributed by atoms with Crippen molar-refractivity contribution in [3.8, 4) is 0 Å². The van der Waals surface area contributed by atoms with E-state index < -0.39 is 0 Å². The molecule has 0 atom stereocenters. The molecule has 5 nitrogen and oxygen atoms in total. The van der Waals surface area contributed by atoms with Crippen LogP contribution in [0.15, 0.2) is 24.3 Å².